The van der Waals surface area contributed by atoms with E-state index in [-0.39, 0.29) is 29.5 Å². The third-order valence-corrected chi connectivity index (χ3v) is 5.89. The summed E-state index contributed by atoms with van der Waals surface area (Å²) in [6.45, 7) is 9.53. The number of esters is 1. The smallest absolute Gasteiger partial charge is 0.325 e. The van der Waals surface area contributed by atoms with Crippen LogP contribution in [0.1, 0.15) is 56.1 Å². The van der Waals surface area contributed by atoms with Crippen LogP contribution < -0.4 is 10.0 Å². The van der Waals surface area contributed by atoms with Crippen molar-refractivity contribution in [1.29, 1.82) is 0 Å². The molecule has 7 nitrogen and oxygen atoms in total. The number of ether oxygens (including phenoxy) is 1. The van der Waals surface area contributed by atoms with Crippen LogP contribution in [0.3, 0.4) is 0 Å². The highest BCUT2D eigenvalue weighted by molar-refractivity contribution is 7.89. The second-order valence-corrected chi connectivity index (χ2v) is 10.3. The summed E-state index contributed by atoms with van der Waals surface area (Å²) in [5.74, 6) is -0.920. The van der Waals surface area contributed by atoms with Gasteiger partial charge in [0.05, 0.1) is 11.0 Å². The monoisotopic (exact) mass is 446 g/mol. The van der Waals surface area contributed by atoms with E-state index in [1.165, 1.54) is 0 Å². The minimum atomic E-state index is -3.66. The van der Waals surface area contributed by atoms with Crippen molar-refractivity contribution in [3.63, 3.8) is 0 Å². The summed E-state index contributed by atoms with van der Waals surface area (Å²) in [5.41, 5.74) is 2.06. The molecule has 0 aliphatic carbocycles. The Morgan fingerprint density at radius 3 is 2.06 bits per heavy atom. The molecule has 168 valence electrons. The van der Waals surface area contributed by atoms with Crippen LogP contribution in [0.2, 0.25) is 0 Å². The summed E-state index contributed by atoms with van der Waals surface area (Å²) in [6.07, 6.45) is -0.246. The van der Waals surface area contributed by atoms with Gasteiger partial charge >= 0.3 is 5.97 Å². The minimum Gasteiger partial charge on any atom is -0.462 e. The summed E-state index contributed by atoms with van der Waals surface area (Å²) in [7, 11) is -3.66. The zero-order valence-electron chi connectivity index (χ0n) is 18.6. The third kappa shape index (κ3) is 7.48. The Morgan fingerprint density at radius 2 is 1.55 bits per heavy atom. The highest BCUT2D eigenvalue weighted by atomic mass is 32.2. The Hall–Kier alpha value is -2.71. The van der Waals surface area contributed by atoms with Gasteiger partial charge in [-0.3, -0.25) is 9.59 Å². The first-order valence-electron chi connectivity index (χ1n) is 10.1. The van der Waals surface area contributed by atoms with Crippen LogP contribution in [0.5, 0.6) is 0 Å². The molecule has 2 N–H and O–H groups in total. The van der Waals surface area contributed by atoms with Crippen LogP contribution in [0, 0.1) is 0 Å². The first kappa shape index (κ1) is 24.6. The molecule has 31 heavy (non-hydrogen) atoms. The summed E-state index contributed by atoms with van der Waals surface area (Å²) >= 11 is 0. The van der Waals surface area contributed by atoms with Gasteiger partial charge in [0.1, 0.15) is 6.54 Å². The van der Waals surface area contributed by atoms with Crippen LogP contribution in [-0.4, -0.2) is 32.9 Å². The zero-order valence-corrected chi connectivity index (χ0v) is 19.4. The molecule has 2 aromatic rings. The minimum absolute atomic E-state index is 0.0570. The van der Waals surface area contributed by atoms with Crippen molar-refractivity contribution in [2.45, 2.75) is 57.6 Å². The van der Waals surface area contributed by atoms with E-state index in [1.807, 2.05) is 12.1 Å². The topological polar surface area (TPSA) is 102 Å². The lowest BCUT2D eigenvalue weighted by atomic mass is 9.87. The molecule has 0 aliphatic rings. The van der Waals surface area contributed by atoms with E-state index in [1.54, 1.807) is 50.2 Å². The maximum Gasteiger partial charge on any atom is 0.325 e. The number of rotatable bonds is 8. The molecule has 8 heteroatoms. The molecule has 0 atom stereocenters. The fourth-order valence-corrected chi connectivity index (χ4v) is 3.75. The molecule has 0 fully saturated rings. The predicted octanol–water partition coefficient (Wildman–Crippen LogP) is 3.14. The van der Waals surface area contributed by atoms with E-state index in [4.69, 9.17) is 4.74 Å². The number of amides is 1. The van der Waals surface area contributed by atoms with Gasteiger partial charge in [0, 0.05) is 12.1 Å². The maximum absolute atomic E-state index is 12.5. The molecular weight excluding hydrogens is 416 g/mol. The van der Waals surface area contributed by atoms with Crippen LogP contribution in [-0.2, 0) is 31.5 Å². The average Bonchev–Trinajstić information content (AvgIpc) is 2.70. The summed E-state index contributed by atoms with van der Waals surface area (Å²) < 4.78 is 32.6. The molecule has 2 rings (SSSR count). The van der Waals surface area contributed by atoms with Gasteiger partial charge in [-0.1, -0.05) is 45.0 Å². The van der Waals surface area contributed by atoms with Crippen LogP contribution in [0.25, 0.3) is 0 Å². The lowest BCUT2D eigenvalue weighted by Crippen LogP contribution is -2.31. The Balaban J connectivity index is 1.94. The Morgan fingerprint density at radius 1 is 0.968 bits per heavy atom. The fourth-order valence-electron chi connectivity index (χ4n) is 2.73. The van der Waals surface area contributed by atoms with Gasteiger partial charge in [-0.15, -0.1) is 0 Å². The second-order valence-electron chi connectivity index (χ2n) is 8.52. The number of nitrogens with one attached hydrogen (secondary N) is 2. The van der Waals surface area contributed by atoms with Crippen molar-refractivity contribution in [2.24, 2.45) is 0 Å². The highest BCUT2D eigenvalue weighted by Gasteiger charge is 2.17. The molecule has 0 saturated carbocycles. The lowest BCUT2D eigenvalue weighted by Gasteiger charge is -2.19. The van der Waals surface area contributed by atoms with E-state index < -0.39 is 21.9 Å². The highest BCUT2D eigenvalue weighted by Crippen LogP contribution is 2.23. The van der Waals surface area contributed by atoms with Gasteiger partial charge in [-0.2, -0.15) is 0 Å². The van der Waals surface area contributed by atoms with Gasteiger partial charge < -0.3 is 10.1 Å². The fraction of sp³-hybridized carbons (Fsp3) is 0.391. The number of sulfonamides is 1. The molecule has 0 unspecified atom stereocenters. The van der Waals surface area contributed by atoms with Crippen molar-refractivity contribution in [1.82, 2.24) is 10.0 Å². The molecule has 0 heterocycles. The Bertz CT molecular complexity index is 1010. The van der Waals surface area contributed by atoms with Crippen molar-refractivity contribution in [3.8, 4) is 0 Å². The largest absolute Gasteiger partial charge is 0.462 e. The standard InChI is InChI=1S/C23H30N2O5S/c1-16(2)30-21(26)15-24-22(27)18-8-6-17(7-9-18)14-25-31(28,29)20-12-10-19(11-13-20)23(3,4)5/h6-13,16,25H,14-15H2,1-5H3,(H,24,27). The first-order valence-corrected chi connectivity index (χ1v) is 11.5. The first-order chi connectivity index (χ1) is 14.4. The number of hydrogen-bond acceptors (Lipinski definition) is 5. The molecule has 0 saturated heterocycles. The van der Waals surface area contributed by atoms with Gasteiger partial charge in [-0.25, -0.2) is 13.1 Å². The molecule has 0 bridgehead atoms. The number of carbonyl (C=O) groups excluding carboxylic acids is 2. The van der Waals surface area contributed by atoms with E-state index in [2.05, 4.69) is 30.8 Å². The van der Waals surface area contributed by atoms with Gasteiger partial charge in [-0.05, 0) is 54.7 Å². The SMILES string of the molecule is CC(C)OC(=O)CNC(=O)c1ccc(CNS(=O)(=O)c2ccc(C(C)(C)C)cc2)cc1. The van der Waals surface area contributed by atoms with E-state index in [0.717, 1.165) is 5.56 Å². The summed E-state index contributed by atoms with van der Waals surface area (Å²) in [5, 5.41) is 2.49. The molecule has 1 amide bonds. The van der Waals surface area contributed by atoms with Crippen LogP contribution >= 0.6 is 0 Å². The molecule has 0 aromatic heterocycles. The summed E-state index contributed by atoms with van der Waals surface area (Å²) in [6, 6.07) is 13.3. The van der Waals surface area contributed by atoms with E-state index >= 15 is 0 Å². The van der Waals surface area contributed by atoms with Crippen molar-refractivity contribution in [3.05, 3.63) is 65.2 Å². The van der Waals surface area contributed by atoms with E-state index in [0.29, 0.717) is 11.1 Å². The molecule has 0 radical (unpaired) electrons. The Labute approximate surface area is 184 Å². The van der Waals surface area contributed by atoms with Crippen molar-refractivity contribution >= 4 is 21.9 Å². The van der Waals surface area contributed by atoms with E-state index in [9.17, 15) is 18.0 Å². The van der Waals surface area contributed by atoms with Gasteiger partial charge in [0.25, 0.3) is 5.91 Å². The molecule has 0 spiro atoms. The molecule has 0 aliphatic heterocycles. The molecular formula is C23H30N2O5S. The van der Waals surface area contributed by atoms with Crippen molar-refractivity contribution in [2.75, 3.05) is 6.54 Å². The average molecular weight is 447 g/mol. The number of benzene rings is 2. The third-order valence-electron chi connectivity index (χ3n) is 4.47. The lowest BCUT2D eigenvalue weighted by molar-refractivity contribution is -0.146. The second kappa shape index (κ2) is 10.1. The van der Waals surface area contributed by atoms with Crippen LogP contribution in [0.4, 0.5) is 0 Å². The summed E-state index contributed by atoms with van der Waals surface area (Å²) in [4.78, 5) is 23.8. The van der Waals surface area contributed by atoms with Gasteiger partial charge in [0.2, 0.25) is 10.0 Å². The zero-order chi connectivity index (χ0) is 23.2. The number of carbonyl (C=O) groups is 2. The van der Waals surface area contributed by atoms with Crippen molar-refractivity contribution < 1.29 is 22.7 Å². The quantitative estimate of drug-likeness (QED) is 0.607. The maximum atomic E-state index is 12.5. The Kier molecular flexibility index (Phi) is 7.97. The molecule has 2 aromatic carbocycles. The van der Waals surface area contributed by atoms with Crippen LogP contribution in [0.15, 0.2) is 53.4 Å². The number of hydrogen-bond donors (Lipinski definition) is 2. The predicted molar refractivity (Wildman–Crippen MR) is 119 cm³/mol. The van der Waals surface area contributed by atoms with Gasteiger partial charge in [0.15, 0.2) is 0 Å². The normalized spacial score (nSPS) is 11.9.